The van der Waals surface area contributed by atoms with Crippen molar-refractivity contribution in [2.24, 2.45) is 5.11 Å². The summed E-state index contributed by atoms with van der Waals surface area (Å²) in [5.74, 6) is 0. The van der Waals surface area contributed by atoms with E-state index >= 15 is 0 Å². The molecule has 21 heavy (non-hydrogen) atoms. The molecule has 0 amide bonds. The third-order valence-corrected chi connectivity index (χ3v) is 3.29. The normalized spacial score (nSPS) is 10.3. The first-order chi connectivity index (χ1) is 10.4. The molecule has 0 atom stereocenters. The highest BCUT2D eigenvalue weighted by molar-refractivity contribution is 5.17. The molecule has 0 heterocycles. The summed E-state index contributed by atoms with van der Waals surface area (Å²) in [6, 6.07) is 20.9. The van der Waals surface area contributed by atoms with Crippen LogP contribution in [0, 0.1) is 0 Å². The molecule has 0 aliphatic rings. The molecule has 108 valence electrons. The summed E-state index contributed by atoms with van der Waals surface area (Å²) < 4.78 is 0. The van der Waals surface area contributed by atoms with Crippen LogP contribution < -0.4 is 0 Å². The van der Waals surface area contributed by atoms with Crippen LogP contribution in [0.15, 0.2) is 65.8 Å². The van der Waals surface area contributed by atoms with Gasteiger partial charge in [0.2, 0.25) is 0 Å². The van der Waals surface area contributed by atoms with Crippen LogP contribution >= 0.6 is 0 Å². The van der Waals surface area contributed by atoms with Crippen molar-refractivity contribution in [1.29, 1.82) is 0 Å². The molecular weight excluding hydrogens is 260 g/mol. The first-order valence-corrected chi connectivity index (χ1v) is 7.19. The number of azide groups is 1. The summed E-state index contributed by atoms with van der Waals surface area (Å²) in [5, 5.41) is 3.61. The highest BCUT2D eigenvalue weighted by atomic mass is 15.1. The Morgan fingerprint density at radius 3 is 1.86 bits per heavy atom. The molecule has 2 aromatic rings. The molecule has 2 rings (SSSR count). The maximum absolute atomic E-state index is 8.35. The monoisotopic (exact) mass is 280 g/mol. The van der Waals surface area contributed by atoms with Gasteiger partial charge in [0.1, 0.15) is 0 Å². The van der Waals surface area contributed by atoms with Crippen LogP contribution in [0.3, 0.4) is 0 Å². The lowest BCUT2D eigenvalue weighted by Gasteiger charge is -2.22. The van der Waals surface area contributed by atoms with E-state index in [1.807, 2.05) is 12.1 Å². The van der Waals surface area contributed by atoms with Gasteiger partial charge >= 0.3 is 0 Å². The van der Waals surface area contributed by atoms with Crippen LogP contribution in [0.5, 0.6) is 0 Å². The molecule has 0 bridgehead atoms. The smallest absolute Gasteiger partial charge is 0.0270 e. The summed E-state index contributed by atoms with van der Waals surface area (Å²) in [6.07, 6.45) is 0.879. The van der Waals surface area contributed by atoms with Gasteiger partial charge in [0, 0.05) is 24.5 Å². The highest BCUT2D eigenvalue weighted by Gasteiger charge is 2.06. The van der Waals surface area contributed by atoms with Crippen molar-refractivity contribution in [2.45, 2.75) is 19.5 Å². The van der Waals surface area contributed by atoms with Gasteiger partial charge < -0.3 is 0 Å². The molecule has 4 heteroatoms. The van der Waals surface area contributed by atoms with E-state index in [1.165, 1.54) is 11.1 Å². The Kier molecular flexibility index (Phi) is 6.33. The predicted molar refractivity (Wildman–Crippen MR) is 85.6 cm³/mol. The molecule has 0 spiro atoms. The second-order valence-electron chi connectivity index (χ2n) is 4.99. The van der Waals surface area contributed by atoms with Gasteiger partial charge in [-0.2, -0.15) is 0 Å². The second-order valence-corrected chi connectivity index (χ2v) is 4.99. The Labute approximate surface area is 125 Å². The first-order valence-electron chi connectivity index (χ1n) is 7.19. The average molecular weight is 280 g/mol. The third-order valence-electron chi connectivity index (χ3n) is 3.29. The number of rotatable bonds is 8. The molecule has 0 unspecified atom stereocenters. The Hall–Kier alpha value is -2.29. The van der Waals surface area contributed by atoms with E-state index in [9.17, 15) is 0 Å². The van der Waals surface area contributed by atoms with Crippen molar-refractivity contribution in [3.8, 4) is 0 Å². The Morgan fingerprint density at radius 1 is 0.857 bits per heavy atom. The van der Waals surface area contributed by atoms with Crippen LogP contribution in [-0.4, -0.2) is 18.0 Å². The molecule has 0 aliphatic heterocycles. The second kappa shape index (κ2) is 8.80. The topological polar surface area (TPSA) is 52.0 Å². The van der Waals surface area contributed by atoms with Gasteiger partial charge in [0.15, 0.2) is 0 Å². The largest absolute Gasteiger partial charge is 0.295 e. The lowest BCUT2D eigenvalue weighted by Crippen LogP contribution is -2.24. The van der Waals surface area contributed by atoms with Gasteiger partial charge in [-0.15, -0.1) is 0 Å². The fourth-order valence-electron chi connectivity index (χ4n) is 2.31. The van der Waals surface area contributed by atoms with Crippen molar-refractivity contribution in [1.82, 2.24) is 4.90 Å². The van der Waals surface area contributed by atoms with Crippen LogP contribution in [-0.2, 0) is 13.1 Å². The summed E-state index contributed by atoms with van der Waals surface area (Å²) in [6.45, 7) is 3.29. The zero-order chi connectivity index (χ0) is 14.8. The minimum absolute atomic E-state index is 0.552. The minimum atomic E-state index is 0.552. The number of benzene rings is 2. The fourth-order valence-corrected chi connectivity index (χ4v) is 2.31. The summed E-state index contributed by atoms with van der Waals surface area (Å²) >= 11 is 0. The summed E-state index contributed by atoms with van der Waals surface area (Å²) in [7, 11) is 0. The molecule has 0 fully saturated rings. The fraction of sp³-hybridized carbons (Fsp3) is 0.294. The van der Waals surface area contributed by atoms with Crippen LogP contribution in [0.4, 0.5) is 0 Å². The van der Waals surface area contributed by atoms with Gasteiger partial charge in [-0.25, -0.2) is 0 Å². The Bertz CT molecular complexity index is 520. The molecule has 0 N–H and O–H groups in total. The van der Waals surface area contributed by atoms with E-state index in [0.717, 1.165) is 26.1 Å². The van der Waals surface area contributed by atoms with E-state index < -0.39 is 0 Å². The number of nitrogens with zero attached hydrogens (tertiary/aromatic N) is 4. The number of hydrogen-bond donors (Lipinski definition) is 0. The molecule has 0 saturated carbocycles. The van der Waals surface area contributed by atoms with Crippen molar-refractivity contribution >= 4 is 0 Å². The van der Waals surface area contributed by atoms with E-state index in [2.05, 4.69) is 63.5 Å². The molecule has 0 aliphatic carbocycles. The van der Waals surface area contributed by atoms with Gasteiger partial charge in [-0.3, -0.25) is 4.90 Å². The van der Waals surface area contributed by atoms with Gasteiger partial charge in [-0.05, 0) is 29.6 Å². The summed E-state index contributed by atoms with van der Waals surface area (Å²) in [4.78, 5) is 5.19. The standard InChI is InChI=1S/C17H20N4/c18-20-19-12-7-13-21(14-16-8-3-1-4-9-16)15-17-10-5-2-6-11-17/h1-6,8-11H,7,12-15H2. The maximum Gasteiger partial charge on any atom is 0.0270 e. The Morgan fingerprint density at radius 2 is 1.38 bits per heavy atom. The van der Waals surface area contributed by atoms with Gasteiger partial charge in [0.25, 0.3) is 0 Å². The molecule has 4 nitrogen and oxygen atoms in total. The maximum atomic E-state index is 8.35. The van der Waals surface area contributed by atoms with Gasteiger partial charge in [0.05, 0.1) is 0 Å². The lowest BCUT2D eigenvalue weighted by molar-refractivity contribution is 0.255. The lowest BCUT2D eigenvalue weighted by atomic mass is 10.1. The van der Waals surface area contributed by atoms with Crippen molar-refractivity contribution < 1.29 is 0 Å². The molecule has 0 aromatic heterocycles. The van der Waals surface area contributed by atoms with Crippen molar-refractivity contribution in [2.75, 3.05) is 13.1 Å². The van der Waals surface area contributed by atoms with Crippen LogP contribution in [0.1, 0.15) is 17.5 Å². The zero-order valence-corrected chi connectivity index (χ0v) is 12.1. The Balaban J connectivity index is 1.97. The van der Waals surface area contributed by atoms with E-state index in [4.69, 9.17) is 5.53 Å². The zero-order valence-electron chi connectivity index (χ0n) is 12.1. The molecule has 0 saturated heterocycles. The molecule has 2 aromatic carbocycles. The van der Waals surface area contributed by atoms with Crippen molar-refractivity contribution in [3.05, 3.63) is 82.2 Å². The van der Waals surface area contributed by atoms with Crippen molar-refractivity contribution in [3.63, 3.8) is 0 Å². The van der Waals surface area contributed by atoms with E-state index in [-0.39, 0.29) is 0 Å². The highest BCUT2D eigenvalue weighted by Crippen LogP contribution is 2.10. The van der Waals surface area contributed by atoms with Crippen LogP contribution in [0.25, 0.3) is 10.4 Å². The number of hydrogen-bond acceptors (Lipinski definition) is 2. The molecule has 0 radical (unpaired) electrons. The van der Waals surface area contributed by atoms with E-state index in [1.54, 1.807) is 0 Å². The third kappa shape index (κ3) is 5.69. The quantitative estimate of drug-likeness (QED) is 0.306. The van der Waals surface area contributed by atoms with E-state index in [0.29, 0.717) is 6.54 Å². The van der Waals surface area contributed by atoms with Gasteiger partial charge in [-0.1, -0.05) is 65.8 Å². The predicted octanol–water partition coefficient (Wildman–Crippen LogP) is 4.39. The first kappa shape index (κ1) is 15.1. The average Bonchev–Trinajstić information content (AvgIpc) is 2.53. The van der Waals surface area contributed by atoms with Crippen LogP contribution in [0.2, 0.25) is 0 Å². The SMILES string of the molecule is [N-]=[N+]=NCCCN(Cc1ccccc1)Cc1ccccc1. The minimum Gasteiger partial charge on any atom is -0.295 e. The molecular formula is C17H20N4. The summed E-state index contributed by atoms with van der Waals surface area (Å²) in [5.41, 5.74) is 11.0.